The standard InChI is InChI=1S/C12H15F3N2/c13-12(14,15)11-4-2-1-3-9(11)7-17-6-5-10(16)8-17/h1-4,10H,5-8,16H2/t10-/m0/s1. The quantitative estimate of drug-likeness (QED) is 0.864. The monoisotopic (exact) mass is 244 g/mol. The molecule has 1 aromatic rings. The highest BCUT2D eigenvalue weighted by atomic mass is 19.4. The Morgan fingerprint density at radius 2 is 2.00 bits per heavy atom. The summed E-state index contributed by atoms with van der Waals surface area (Å²) in [6.45, 7) is 1.77. The molecule has 1 aromatic carbocycles. The summed E-state index contributed by atoms with van der Waals surface area (Å²) < 4.78 is 38.3. The average molecular weight is 244 g/mol. The number of likely N-dealkylation sites (tertiary alicyclic amines) is 1. The zero-order chi connectivity index (χ0) is 12.5. The third-order valence-electron chi connectivity index (χ3n) is 3.03. The highest BCUT2D eigenvalue weighted by Gasteiger charge is 2.33. The van der Waals surface area contributed by atoms with E-state index in [1.54, 1.807) is 6.07 Å². The van der Waals surface area contributed by atoms with Gasteiger partial charge in [-0.3, -0.25) is 4.90 Å². The molecule has 2 rings (SSSR count). The van der Waals surface area contributed by atoms with Gasteiger partial charge in [-0.1, -0.05) is 18.2 Å². The van der Waals surface area contributed by atoms with Gasteiger partial charge in [0.15, 0.2) is 0 Å². The fraction of sp³-hybridized carbons (Fsp3) is 0.500. The summed E-state index contributed by atoms with van der Waals surface area (Å²) in [6.07, 6.45) is -3.42. The van der Waals surface area contributed by atoms with Crippen LogP contribution in [0, 0.1) is 0 Å². The van der Waals surface area contributed by atoms with Gasteiger partial charge < -0.3 is 5.73 Å². The lowest BCUT2D eigenvalue weighted by Gasteiger charge is -2.18. The Morgan fingerprint density at radius 3 is 2.59 bits per heavy atom. The Hall–Kier alpha value is -1.07. The zero-order valence-electron chi connectivity index (χ0n) is 9.37. The van der Waals surface area contributed by atoms with Crippen molar-refractivity contribution in [1.29, 1.82) is 0 Å². The zero-order valence-corrected chi connectivity index (χ0v) is 9.37. The van der Waals surface area contributed by atoms with Crippen LogP contribution in [0.4, 0.5) is 13.2 Å². The van der Waals surface area contributed by atoms with Gasteiger partial charge in [-0.15, -0.1) is 0 Å². The minimum atomic E-state index is -4.28. The number of nitrogens with zero attached hydrogens (tertiary/aromatic N) is 1. The summed E-state index contributed by atoms with van der Waals surface area (Å²) >= 11 is 0. The number of alkyl halides is 3. The predicted molar refractivity (Wildman–Crippen MR) is 59.3 cm³/mol. The molecule has 5 heteroatoms. The SMILES string of the molecule is N[C@H]1CCN(Cc2ccccc2C(F)(F)F)C1. The van der Waals surface area contributed by atoms with E-state index in [1.165, 1.54) is 12.1 Å². The molecule has 0 aliphatic carbocycles. The van der Waals surface area contributed by atoms with Crippen molar-refractivity contribution in [3.63, 3.8) is 0 Å². The molecular weight excluding hydrogens is 229 g/mol. The molecule has 1 aliphatic heterocycles. The van der Waals surface area contributed by atoms with E-state index in [0.29, 0.717) is 18.7 Å². The van der Waals surface area contributed by atoms with Crippen LogP contribution in [0.2, 0.25) is 0 Å². The fourth-order valence-electron chi connectivity index (χ4n) is 2.18. The molecule has 2 nitrogen and oxygen atoms in total. The topological polar surface area (TPSA) is 29.3 Å². The second-order valence-electron chi connectivity index (χ2n) is 4.44. The second-order valence-corrected chi connectivity index (χ2v) is 4.44. The fourth-order valence-corrected chi connectivity index (χ4v) is 2.18. The minimum absolute atomic E-state index is 0.0908. The molecule has 1 atom stereocenters. The van der Waals surface area contributed by atoms with Gasteiger partial charge in [0.25, 0.3) is 0 Å². The number of rotatable bonds is 2. The van der Waals surface area contributed by atoms with Crippen LogP contribution >= 0.6 is 0 Å². The van der Waals surface area contributed by atoms with Crippen LogP contribution in [0.1, 0.15) is 17.5 Å². The third-order valence-corrected chi connectivity index (χ3v) is 3.03. The number of benzene rings is 1. The summed E-state index contributed by atoms with van der Waals surface area (Å²) in [6, 6.07) is 5.81. The summed E-state index contributed by atoms with van der Waals surface area (Å²) in [5.74, 6) is 0. The van der Waals surface area contributed by atoms with Crippen molar-refractivity contribution >= 4 is 0 Å². The lowest BCUT2D eigenvalue weighted by Crippen LogP contribution is -2.27. The van der Waals surface area contributed by atoms with Crippen molar-refractivity contribution < 1.29 is 13.2 Å². The molecule has 2 N–H and O–H groups in total. The van der Waals surface area contributed by atoms with Gasteiger partial charge in [0.1, 0.15) is 0 Å². The Bertz CT molecular complexity index is 390. The Balaban J connectivity index is 2.15. The molecule has 1 fully saturated rings. The van der Waals surface area contributed by atoms with E-state index in [4.69, 9.17) is 5.73 Å². The molecule has 1 heterocycles. The molecule has 94 valence electrons. The molecule has 0 radical (unpaired) electrons. The highest BCUT2D eigenvalue weighted by Crippen LogP contribution is 2.32. The van der Waals surface area contributed by atoms with Crippen molar-refractivity contribution in [2.45, 2.75) is 25.2 Å². The smallest absolute Gasteiger partial charge is 0.326 e. The van der Waals surface area contributed by atoms with Gasteiger partial charge in [0.05, 0.1) is 5.56 Å². The van der Waals surface area contributed by atoms with Crippen LogP contribution in [-0.2, 0) is 12.7 Å². The van der Waals surface area contributed by atoms with Gasteiger partial charge in [0.2, 0.25) is 0 Å². The van der Waals surface area contributed by atoms with Crippen LogP contribution in [-0.4, -0.2) is 24.0 Å². The van der Waals surface area contributed by atoms with Crippen molar-refractivity contribution in [2.75, 3.05) is 13.1 Å². The van der Waals surface area contributed by atoms with E-state index < -0.39 is 11.7 Å². The first-order chi connectivity index (χ1) is 7.97. The average Bonchev–Trinajstić information content (AvgIpc) is 2.63. The van der Waals surface area contributed by atoms with E-state index in [-0.39, 0.29) is 6.04 Å². The minimum Gasteiger partial charge on any atom is -0.326 e. The van der Waals surface area contributed by atoms with Crippen LogP contribution in [0.25, 0.3) is 0 Å². The molecule has 0 bridgehead atoms. The lowest BCUT2D eigenvalue weighted by molar-refractivity contribution is -0.138. The molecule has 0 saturated carbocycles. The summed E-state index contributed by atoms with van der Waals surface area (Å²) in [5.41, 5.74) is 5.53. The molecule has 0 unspecified atom stereocenters. The maximum absolute atomic E-state index is 12.8. The molecule has 0 spiro atoms. The van der Waals surface area contributed by atoms with E-state index in [1.807, 2.05) is 4.90 Å². The van der Waals surface area contributed by atoms with Crippen molar-refractivity contribution in [1.82, 2.24) is 4.90 Å². The third kappa shape index (κ3) is 2.98. The first-order valence-corrected chi connectivity index (χ1v) is 5.60. The van der Waals surface area contributed by atoms with Crippen molar-refractivity contribution in [3.05, 3.63) is 35.4 Å². The van der Waals surface area contributed by atoms with E-state index in [9.17, 15) is 13.2 Å². The number of hydrogen-bond acceptors (Lipinski definition) is 2. The molecule has 1 aliphatic rings. The molecule has 1 saturated heterocycles. The van der Waals surface area contributed by atoms with Crippen LogP contribution in [0.3, 0.4) is 0 Å². The summed E-state index contributed by atoms with van der Waals surface area (Å²) in [4.78, 5) is 1.97. The van der Waals surface area contributed by atoms with Gasteiger partial charge in [-0.25, -0.2) is 0 Å². The van der Waals surface area contributed by atoms with Gasteiger partial charge >= 0.3 is 6.18 Å². The van der Waals surface area contributed by atoms with Crippen LogP contribution < -0.4 is 5.73 Å². The molecule has 0 amide bonds. The molecular formula is C12H15F3N2. The van der Waals surface area contributed by atoms with E-state index in [0.717, 1.165) is 19.0 Å². The Morgan fingerprint density at radius 1 is 1.29 bits per heavy atom. The maximum Gasteiger partial charge on any atom is 0.416 e. The van der Waals surface area contributed by atoms with E-state index in [2.05, 4.69) is 0 Å². The molecule has 17 heavy (non-hydrogen) atoms. The van der Waals surface area contributed by atoms with Crippen LogP contribution in [0.15, 0.2) is 24.3 Å². The first-order valence-electron chi connectivity index (χ1n) is 5.60. The maximum atomic E-state index is 12.8. The Kier molecular flexibility index (Phi) is 3.40. The summed E-state index contributed by atoms with van der Waals surface area (Å²) in [5, 5.41) is 0. The summed E-state index contributed by atoms with van der Waals surface area (Å²) in [7, 11) is 0. The predicted octanol–water partition coefficient (Wildman–Crippen LogP) is 2.24. The van der Waals surface area contributed by atoms with E-state index >= 15 is 0 Å². The van der Waals surface area contributed by atoms with Gasteiger partial charge in [-0.2, -0.15) is 13.2 Å². The lowest BCUT2D eigenvalue weighted by atomic mass is 10.1. The Labute approximate surface area is 98.2 Å². The van der Waals surface area contributed by atoms with Crippen LogP contribution in [0.5, 0.6) is 0 Å². The van der Waals surface area contributed by atoms with Gasteiger partial charge in [0, 0.05) is 25.7 Å². The van der Waals surface area contributed by atoms with Gasteiger partial charge in [-0.05, 0) is 18.1 Å². The number of hydrogen-bond donors (Lipinski definition) is 1. The second kappa shape index (κ2) is 4.66. The van der Waals surface area contributed by atoms with Crippen molar-refractivity contribution in [3.8, 4) is 0 Å². The van der Waals surface area contributed by atoms with Crippen molar-refractivity contribution in [2.24, 2.45) is 5.73 Å². The highest BCUT2D eigenvalue weighted by molar-refractivity contribution is 5.29. The largest absolute Gasteiger partial charge is 0.416 e. The first kappa shape index (κ1) is 12.4. The number of nitrogens with two attached hydrogens (primary N) is 1. The number of halogens is 3. The normalized spacial score (nSPS) is 22.0. The molecule has 0 aromatic heterocycles.